The monoisotopic (exact) mass is 405 g/mol. The van der Waals surface area contributed by atoms with E-state index in [2.05, 4.69) is 5.48 Å². The minimum atomic E-state index is -3.64. The van der Waals surface area contributed by atoms with Gasteiger partial charge in [-0.05, 0) is 36.2 Å². The third-order valence-corrected chi connectivity index (χ3v) is 6.60. The average molecular weight is 406 g/mol. The highest BCUT2D eigenvalue weighted by Gasteiger charge is 2.29. The summed E-state index contributed by atoms with van der Waals surface area (Å²) < 4.78 is 31.1. The largest absolute Gasteiger partial charge is 0.497 e. The van der Waals surface area contributed by atoms with Crippen molar-refractivity contribution in [1.82, 2.24) is 5.48 Å². The molecule has 2 rings (SSSR count). The summed E-state index contributed by atoms with van der Waals surface area (Å²) in [6.07, 6.45) is 1.83. The Morgan fingerprint density at radius 1 is 1.07 bits per heavy atom. The summed E-state index contributed by atoms with van der Waals surface area (Å²) in [6, 6.07) is 15.6. The minimum Gasteiger partial charge on any atom is -0.497 e. The molecule has 2 aromatic carbocycles. The summed E-state index contributed by atoms with van der Waals surface area (Å²) in [5.74, 6) is 0.130. The van der Waals surface area contributed by atoms with Crippen molar-refractivity contribution in [2.24, 2.45) is 0 Å². The number of hydrogen-bond donors (Lipinski definition) is 1. The minimum absolute atomic E-state index is 0.150. The predicted octanol–water partition coefficient (Wildman–Crippen LogP) is 3.67. The number of sulfone groups is 1. The molecule has 28 heavy (non-hydrogen) atoms. The topological polar surface area (TPSA) is 81.7 Å². The fraction of sp³-hybridized carbons (Fsp3) is 0.381. The van der Waals surface area contributed by atoms with E-state index in [1.165, 1.54) is 19.2 Å². The van der Waals surface area contributed by atoms with Gasteiger partial charge in [0.1, 0.15) is 5.75 Å². The lowest BCUT2D eigenvalue weighted by molar-refractivity contribution is -0.134. The number of carbonyl (C=O) groups excluding carboxylic acids is 1. The Morgan fingerprint density at radius 3 is 2.36 bits per heavy atom. The van der Waals surface area contributed by atoms with Crippen LogP contribution in [0.5, 0.6) is 5.75 Å². The predicted molar refractivity (Wildman–Crippen MR) is 107 cm³/mol. The molecule has 0 bridgehead atoms. The quantitative estimate of drug-likeness (QED) is 0.577. The zero-order valence-corrected chi connectivity index (χ0v) is 17.1. The third kappa shape index (κ3) is 6.35. The van der Waals surface area contributed by atoms with Crippen molar-refractivity contribution >= 4 is 15.7 Å². The van der Waals surface area contributed by atoms with Gasteiger partial charge in [0.2, 0.25) is 5.91 Å². The van der Waals surface area contributed by atoms with Crippen molar-refractivity contribution in [2.75, 3.05) is 7.11 Å². The smallest absolute Gasteiger partial charge is 0.244 e. The maximum Gasteiger partial charge on any atom is 0.244 e. The summed E-state index contributed by atoms with van der Waals surface area (Å²) in [4.78, 5) is 17.7. The molecule has 1 unspecified atom stereocenters. The SMILES string of the molecule is CCCCC(CC(=O)NOCc1ccccc1)S(=O)(=O)c1ccc(OC)cc1. The third-order valence-electron chi connectivity index (χ3n) is 4.39. The number of benzene rings is 2. The number of rotatable bonds is 11. The molecule has 1 N–H and O–H groups in total. The van der Waals surface area contributed by atoms with Crippen molar-refractivity contribution in [3.63, 3.8) is 0 Å². The molecule has 0 aromatic heterocycles. The zero-order valence-electron chi connectivity index (χ0n) is 16.3. The lowest BCUT2D eigenvalue weighted by Gasteiger charge is -2.17. The van der Waals surface area contributed by atoms with Crippen LogP contribution in [0.3, 0.4) is 0 Å². The van der Waals surface area contributed by atoms with E-state index < -0.39 is 21.0 Å². The second kappa shape index (κ2) is 10.8. The van der Waals surface area contributed by atoms with Crippen molar-refractivity contribution in [3.8, 4) is 5.75 Å². The lowest BCUT2D eigenvalue weighted by atomic mass is 10.1. The average Bonchev–Trinajstić information content (AvgIpc) is 2.71. The fourth-order valence-electron chi connectivity index (χ4n) is 2.78. The Kier molecular flexibility index (Phi) is 8.47. The van der Waals surface area contributed by atoms with Crippen LogP contribution in [-0.4, -0.2) is 26.7 Å². The van der Waals surface area contributed by atoms with Crippen LogP contribution in [0.15, 0.2) is 59.5 Å². The molecule has 1 amide bonds. The molecule has 0 aliphatic heterocycles. The van der Waals surface area contributed by atoms with E-state index in [-0.39, 0.29) is 17.9 Å². The molecular weight excluding hydrogens is 378 g/mol. The first-order chi connectivity index (χ1) is 13.5. The number of hydrogen-bond acceptors (Lipinski definition) is 5. The molecule has 0 radical (unpaired) electrons. The fourth-order valence-corrected chi connectivity index (χ4v) is 4.53. The lowest BCUT2D eigenvalue weighted by Crippen LogP contribution is -2.31. The van der Waals surface area contributed by atoms with E-state index in [1.807, 2.05) is 37.3 Å². The molecule has 152 valence electrons. The molecule has 2 aromatic rings. The second-order valence-electron chi connectivity index (χ2n) is 6.49. The van der Waals surface area contributed by atoms with Crippen LogP contribution in [0.2, 0.25) is 0 Å². The van der Waals surface area contributed by atoms with Crippen LogP contribution in [0.4, 0.5) is 0 Å². The van der Waals surface area contributed by atoms with Gasteiger partial charge < -0.3 is 4.74 Å². The van der Waals surface area contributed by atoms with Gasteiger partial charge in [-0.3, -0.25) is 9.63 Å². The van der Waals surface area contributed by atoms with E-state index in [1.54, 1.807) is 12.1 Å². The van der Waals surface area contributed by atoms with E-state index in [0.717, 1.165) is 18.4 Å². The molecule has 0 aliphatic rings. The normalized spacial score (nSPS) is 12.4. The number of amides is 1. The van der Waals surface area contributed by atoms with Gasteiger partial charge in [0.15, 0.2) is 9.84 Å². The van der Waals surface area contributed by atoms with Gasteiger partial charge in [-0.25, -0.2) is 13.9 Å². The number of nitrogens with one attached hydrogen (secondary N) is 1. The maximum atomic E-state index is 13.0. The standard InChI is InChI=1S/C21H27NO5S/c1-3-4-10-20(28(24,25)19-13-11-18(26-2)12-14-19)15-21(23)22-27-16-17-8-6-5-7-9-17/h5-9,11-14,20H,3-4,10,15-16H2,1-2H3,(H,22,23). The molecule has 0 saturated carbocycles. The molecule has 0 saturated heterocycles. The zero-order chi connectivity index (χ0) is 20.4. The number of methoxy groups -OCH3 is 1. The van der Waals surface area contributed by atoms with Crippen molar-refractivity contribution < 1.29 is 22.8 Å². The van der Waals surface area contributed by atoms with Crippen LogP contribution in [0.1, 0.15) is 38.2 Å². The van der Waals surface area contributed by atoms with Crippen molar-refractivity contribution in [3.05, 3.63) is 60.2 Å². The van der Waals surface area contributed by atoms with Crippen LogP contribution in [0, 0.1) is 0 Å². The molecule has 1 atom stereocenters. The van der Waals surface area contributed by atoms with Gasteiger partial charge in [0.25, 0.3) is 0 Å². The van der Waals surface area contributed by atoms with E-state index in [4.69, 9.17) is 9.57 Å². The van der Waals surface area contributed by atoms with Gasteiger partial charge in [0.05, 0.1) is 23.9 Å². The number of ether oxygens (including phenoxy) is 1. The molecule has 0 fully saturated rings. The van der Waals surface area contributed by atoms with Crippen molar-refractivity contribution in [1.29, 1.82) is 0 Å². The first-order valence-electron chi connectivity index (χ1n) is 9.30. The number of hydroxylamine groups is 1. The highest BCUT2D eigenvalue weighted by atomic mass is 32.2. The molecule has 0 heterocycles. The molecule has 0 spiro atoms. The van der Waals surface area contributed by atoms with Gasteiger partial charge in [-0.1, -0.05) is 50.1 Å². The van der Waals surface area contributed by atoms with Gasteiger partial charge in [0, 0.05) is 6.42 Å². The molecule has 7 heteroatoms. The Morgan fingerprint density at radius 2 is 1.75 bits per heavy atom. The van der Waals surface area contributed by atoms with Crippen molar-refractivity contribution in [2.45, 2.75) is 49.4 Å². The highest BCUT2D eigenvalue weighted by Crippen LogP contribution is 2.24. The van der Waals surface area contributed by atoms with Crippen LogP contribution in [0.25, 0.3) is 0 Å². The first kappa shape index (κ1) is 21.9. The maximum absolute atomic E-state index is 13.0. The molecule has 0 aliphatic carbocycles. The summed E-state index contributed by atoms with van der Waals surface area (Å²) in [5, 5.41) is -0.804. The van der Waals surface area contributed by atoms with E-state index >= 15 is 0 Å². The van der Waals surface area contributed by atoms with Crippen LogP contribution >= 0.6 is 0 Å². The van der Waals surface area contributed by atoms with Gasteiger partial charge in [-0.2, -0.15) is 0 Å². The number of unbranched alkanes of at least 4 members (excludes halogenated alkanes) is 1. The summed E-state index contributed by atoms with van der Waals surface area (Å²) in [6.45, 7) is 2.21. The second-order valence-corrected chi connectivity index (χ2v) is 8.72. The Balaban J connectivity index is 2.01. The van der Waals surface area contributed by atoms with Gasteiger partial charge >= 0.3 is 0 Å². The Bertz CT molecular complexity index is 835. The van der Waals surface area contributed by atoms with Crippen LogP contribution < -0.4 is 10.2 Å². The summed E-state index contributed by atoms with van der Waals surface area (Å²) >= 11 is 0. The van der Waals surface area contributed by atoms with Gasteiger partial charge in [-0.15, -0.1) is 0 Å². The number of carbonyl (C=O) groups is 1. The Labute approximate surface area is 166 Å². The highest BCUT2D eigenvalue weighted by molar-refractivity contribution is 7.92. The first-order valence-corrected chi connectivity index (χ1v) is 10.8. The Hall–Kier alpha value is -2.38. The van der Waals surface area contributed by atoms with Crippen LogP contribution in [-0.2, 0) is 26.1 Å². The van der Waals surface area contributed by atoms with E-state index in [9.17, 15) is 13.2 Å². The molecule has 6 nitrogen and oxygen atoms in total. The molecular formula is C21H27NO5S. The summed E-state index contributed by atoms with van der Waals surface area (Å²) in [7, 11) is -2.12. The summed E-state index contributed by atoms with van der Waals surface area (Å²) in [5.41, 5.74) is 3.27. The van der Waals surface area contributed by atoms with E-state index in [0.29, 0.717) is 12.2 Å².